The quantitative estimate of drug-likeness (QED) is 0.346. The molecular formula is C12H12N2O6. The summed E-state index contributed by atoms with van der Waals surface area (Å²) in [5, 5.41) is 10.9. The van der Waals surface area contributed by atoms with Crippen LogP contribution in [0.2, 0.25) is 0 Å². The molecule has 0 unspecified atom stereocenters. The van der Waals surface area contributed by atoms with E-state index in [0.29, 0.717) is 0 Å². The maximum absolute atomic E-state index is 11.3. The monoisotopic (exact) mass is 280 g/mol. The highest BCUT2D eigenvalue weighted by atomic mass is 16.6. The molecule has 0 saturated heterocycles. The third kappa shape index (κ3) is 3.87. The van der Waals surface area contributed by atoms with E-state index in [1.807, 2.05) is 0 Å². The number of aromatic nitrogens is 1. The molecule has 20 heavy (non-hydrogen) atoms. The van der Waals surface area contributed by atoms with Crippen molar-refractivity contribution in [1.29, 1.82) is 0 Å². The summed E-state index contributed by atoms with van der Waals surface area (Å²) < 4.78 is 9.09. The fraction of sp³-hybridized carbons (Fsp3) is 0.250. The Morgan fingerprint density at radius 2 is 2.20 bits per heavy atom. The number of methoxy groups -OCH3 is 1. The van der Waals surface area contributed by atoms with Crippen LogP contribution in [0.3, 0.4) is 0 Å². The number of pyridine rings is 1. The van der Waals surface area contributed by atoms with Gasteiger partial charge in [-0.2, -0.15) is 0 Å². The van der Waals surface area contributed by atoms with E-state index in [2.05, 4.69) is 14.5 Å². The number of nitro groups is 1. The number of rotatable bonds is 5. The third-order valence-corrected chi connectivity index (χ3v) is 2.18. The van der Waals surface area contributed by atoms with Crippen LogP contribution < -0.4 is 0 Å². The molecule has 0 N–H and O–H groups in total. The molecule has 1 aromatic rings. The second-order valence-corrected chi connectivity index (χ2v) is 3.46. The van der Waals surface area contributed by atoms with Crippen molar-refractivity contribution in [2.24, 2.45) is 0 Å². The van der Waals surface area contributed by atoms with E-state index in [4.69, 9.17) is 0 Å². The van der Waals surface area contributed by atoms with E-state index in [1.165, 1.54) is 0 Å². The molecule has 0 aromatic carbocycles. The van der Waals surface area contributed by atoms with Crippen molar-refractivity contribution >= 4 is 23.7 Å². The Morgan fingerprint density at radius 3 is 2.75 bits per heavy atom. The molecule has 0 aliphatic heterocycles. The Hall–Kier alpha value is -2.77. The molecule has 0 radical (unpaired) electrons. The van der Waals surface area contributed by atoms with Crippen molar-refractivity contribution in [1.82, 2.24) is 4.98 Å². The topological polar surface area (TPSA) is 109 Å². The lowest BCUT2D eigenvalue weighted by atomic mass is 10.2. The molecule has 1 heterocycles. The van der Waals surface area contributed by atoms with Crippen LogP contribution in [0, 0.1) is 10.1 Å². The molecule has 1 rings (SSSR count). The lowest BCUT2D eigenvalue weighted by Crippen LogP contribution is -2.05. The molecule has 8 nitrogen and oxygen atoms in total. The molecule has 0 atom stereocenters. The van der Waals surface area contributed by atoms with Crippen LogP contribution in [0.1, 0.15) is 23.0 Å². The van der Waals surface area contributed by atoms with Crippen LogP contribution in [0.4, 0.5) is 5.69 Å². The molecule has 0 saturated carbocycles. The van der Waals surface area contributed by atoms with Crippen LogP contribution in [-0.2, 0) is 14.3 Å². The molecule has 8 heteroatoms. The highest BCUT2D eigenvalue weighted by molar-refractivity contribution is 5.91. The number of carbonyl (C=O) groups excluding carboxylic acids is 2. The highest BCUT2D eigenvalue weighted by Gasteiger charge is 2.18. The van der Waals surface area contributed by atoms with Gasteiger partial charge >= 0.3 is 11.9 Å². The molecule has 0 fully saturated rings. The average Bonchev–Trinajstić information content (AvgIpc) is 2.44. The summed E-state index contributed by atoms with van der Waals surface area (Å²) in [6.07, 6.45) is 3.30. The predicted molar refractivity (Wildman–Crippen MR) is 67.9 cm³/mol. The molecule has 0 aliphatic rings. The van der Waals surface area contributed by atoms with Gasteiger partial charge in [-0.25, -0.2) is 14.6 Å². The Morgan fingerprint density at radius 1 is 1.50 bits per heavy atom. The zero-order valence-electron chi connectivity index (χ0n) is 10.9. The minimum absolute atomic E-state index is 0.0486. The number of esters is 2. The minimum atomic E-state index is -0.735. The average molecular weight is 280 g/mol. The molecule has 0 spiro atoms. The maximum Gasteiger partial charge on any atom is 0.339 e. The Bertz CT molecular complexity index is 567. The molecule has 0 amide bonds. The summed E-state index contributed by atoms with van der Waals surface area (Å²) in [5.41, 5.74) is -0.517. The number of nitrogens with zero attached hydrogens (tertiary/aromatic N) is 2. The first-order chi connectivity index (χ1) is 9.49. The predicted octanol–water partition coefficient (Wildman–Crippen LogP) is 1.35. The van der Waals surface area contributed by atoms with Gasteiger partial charge in [-0.3, -0.25) is 10.1 Å². The number of hydrogen-bond donors (Lipinski definition) is 0. The smallest absolute Gasteiger partial charge is 0.339 e. The van der Waals surface area contributed by atoms with Crippen molar-refractivity contribution in [3.8, 4) is 0 Å². The van der Waals surface area contributed by atoms with E-state index in [9.17, 15) is 19.7 Å². The summed E-state index contributed by atoms with van der Waals surface area (Å²) in [6, 6.07) is 1.03. The van der Waals surface area contributed by atoms with Crippen molar-refractivity contribution < 1.29 is 24.0 Å². The van der Waals surface area contributed by atoms with E-state index < -0.39 is 22.5 Å². The van der Waals surface area contributed by atoms with Gasteiger partial charge in [-0.05, 0) is 13.0 Å². The summed E-state index contributed by atoms with van der Waals surface area (Å²) in [6.45, 7) is 1.83. The van der Waals surface area contributed by atoms with Crippen LogP contribution in [-0.4, -0.2) is 35.6 Å². The Kier molecular flexibility index (Phi) is 5.33. The first-order valence-corrected chi connectivity index (χ1v) is 5.57. The van der Waals surface area contributed by atoms with Gasteiger partial charge in [0.1, 0.15) is 5.69 Å². The Labute approximate surface area is 114 Å². The third-order valence-electron chi connectivity index (χ3n) is 2.18. The lowest BCUT2D eigenvalue weighted by molar-refractivity contribution is -0.385. The maximum atomic E-state index is 11.3. The van der Waals surface area contributed by atoms with E-state index >= 15 is 0 Å². The van der Waals surface area contributed by atoms with Crippen molar-refractivity contribution in [3.05, 3.63) is 39.7 Å². The second-order valence-electron chi connectivity index (χ2n) is 3.46. The summed E-state index contributed by atoms with van der Waals surface area (Å²) >= 11 is 0. The molecule has 106 valence electrons. The van der Waals surface area contributed by atoms with E-state index in [-0.39, 0.29) is 17.9 Å². The first-order valence-electron chi connectivity index (χ1n) is 5.57. The number of carbonyl (C=O) groups is 2. The van der Waals surface area contributed by atoms with Gasteiger partial charge in [0.2, 0.25) is 0 Å². The van der Waals surface area contributed by atoms with Gasteiger partial charge in [0, 0.05) is 18.3 Å². The normalized spacial score (nSPS) is 10.3. The number of hydrogen-bond acceptors (Lipinski definition) is 7. The zero-order valence-corrected chi connectivity index (χ0v) is 10.9. The van der Waals surface area contributed by atoms with Crippen LogP contribution in [0.15, 0.2) is 18.3 Å². The number of ether oxygens (including phenoxy) is 2. The molecule has 0 aliphatic carbocycles. The van der Waals surface area contributed by atoms with Gasteiger partial charge in [0.15, 0.2) is 0 Å². The van der Waals surface area contributed by atoms with Gasteiger partial charge in [0.25, 0.3) is 5.69 Å². The largest absolute Gasteiger partial charge is 0.465 e. The van der Waals surface area contributed by atoms with Crippen molar-refractivity contribution in [2.75, 3.05) is 13.7 Å². The summed E-state index contributed by atoms with van der Waals surface area (Å²) in [4.78, 5) is 36.4. The second kappa shape index (κ2) is 6.98. The van der Waals surface area contributed by atoms with Gasteiger partial charge in [0.05, 0.1) is 24.2 Å². The summed E-state index contributed by atoms with van der Waals surface area (Å²) in [5.74, 6) is -1.37. The summed E-state index contributed by atoms with van der Waals surface area (Å²) in [7, 11) is 1.16. The van der Waals surface area contributed by atoms with Crippen LogP contribution in [0.5, 0.6) is 0 Å². The van der Waals surface area contributed by atoms with E-state index in [0.717, 1.165) is 31.5 Å². The van der Waals surface area contributed by atoms with E-state index in [1.54, 1.807) is 6.92 Å². The van der Waals surface area contributed by atoms with Gasteiger partial charge in [-0.1, -0.05) is 0 Å². The van der Waals surface area contributed by atoms with Crippen molar-refractivity contribution in [2.45, 2.75) is 6.92 Å². The molecular weight excluding hydrogens is 268 g/mol. The molecule has 1 aromatic heterocycles. The standard InChI is InChI=1S/C12H12N2O6/c1-3-20-11(15)5-4-9-10(14(17)18)6-8(7-13-9)12(16)19-2/h4-7H,3H2,1-2H3/b5-4+. The first kappa shape index (κ1) is 15.3. The molecule has 0 bridgehead atoms. The van der Waals surface area contributed by atoms with Gasteiger partial charge < -0.3 is 9.47 Å². The zero-order chi connectivity index (χ0) is 15.1. The highest BCUT2D eigenvalue weighted by Crippen LogP contribution is 2.19. The lowest BCUT2D eigenvalue weighted by Gasteiger charge is -2.01. The minimum Gasteiger partial charge on any atom is -0.465 e. The SMILES string of the molecule is CCOC(=O)/C=C/c1ncc(C(=O)OC)cc1[N+](=O)[O-]. The van der Waals surface area contributed by atoms with Crippen LogP contribution in [0.25, 0.3) is 6.08 Å². The Balaban J connectivity index is 3.11. The fourth-order valence-electron chi connectivity index (χ4n) is 1.31. The van der Waals surface area contributed by atoms with Gasteiger partial charge in [-0.15, -0.1) is 0 Å². The van der Waals surface area contributed by atoms with Crippen molar-refractivity contribution in [3.63, 3.8) is 0 Å². The fourth-order valence-corrected chi connectivity index (χ4v) is 1.31. The van der Waals surface area contributed by atoms with Crippen LogP contribution >= 0.6 is 0 Å².